The van der Waals surface area contributed by atoms with E-state index in [1.165, 1.54) is 13.3 Å². The van der Waals surface area contributed by atoms with Crippen molar-refractivity contribution in [1.29, 1.82) is 0 Å². The molecule has 0 aliphatic carbocycles. The predicted molar refractivity (Wildman–Crippen MR) is 74.4 cm³/mol. The van der Waals surface area contributed by atoms with E-state index in [9.17, 15) is 9.59 Å². The Labute approximate surface area is 115 Å². The Hall–Kier alpha value is -2.89. The molecule has 0 saturated carbocycles. The lowest BCUT2D eigenvalue weighted by atomic mass is 10.2. The van der Waals surface area contributed by atoms with E-state index in [4.69, 9.17) is 5.73 Å². The van der Waals surface area contributed by atoms with Gasteiger partial charge >= 0.3 is 5.97 Å². The SMILES string of the molecule is COC(=O)c1ccc(NC(=O)c2cccnc2N)cc1. The van der Waals surface area contributed by atoms with Crippen molar-refractivity contribution in [2.24, 2.45) is 0 Å². The van der Waals surface area contributed by atoms with E-state index in [1.54, 1.807) is 36.4 Å². The van der Waals surface area contributed by atoms with Crippen LogP contribution >= 0.6 is 0 Å². The maximum Gasteiger partial charge on any atom is 0.337 e. The second kappa shape index (κ2) is 5.83. The zero-order valence-electron chi connectivity index (χ0n) is 10.8. The molecule has 2 aromatic rings. The number of amides is 1. The van der Waals surface area contributed by atoms with Crippen molar-refractivity contribution in [3.8, 4) is 0 Å². The monoisotopic (exact) mass is 271 g/mol. The van der Waals surface area contributed by atoms with Gasteiger partial charge in [-0.3, -0.25) is 4.79 Å². The fourth-order valence-corrected chi connectivity index (χ4v) is 1.62. The third-order valence-electron chi connectivity index (χ3n) is 2.65. The van der Waals surface area contributed by atoms with Crippen LogP contribution < -0.4 is 11.1 Å². The highest BCUT2D eigenvalue weighted by atomic mass is 16.5. The summed E-state index contributed by atoms with van der Waals surface area (Å²) in [6, 6.07) is 9.56. The van der Waals surface area contributed by atoms with Gasteiger partial charge < -0.3 is 15.8 Å². The summed E-state index contributed by atoms with van der Waals surface area (Å²) in [6.45, 7) is 0. The molecule has 0 atom stereocenters. The first-order chi connectivity index (χ1) is 9.61. The van der Waals surface area contributed by atoms with E-state index in [0.29, 0.717) is 16.8 Å². The molecule has 20 heavy (non-hydrogen) atoms. The Morgan fingerprint density at radius 3 is 2.50 bits per heavy atom. The van der Waals surface area contributed by atoms with Crippen molar-refractivity contribution in [1.82, 2.24) is 4.98 Å². The zero-order chi connectivity index (χ0) is 14.5. The van der Waals surface area contributed by atoms with Crippen LogP contribution in [0.1, 0.15) is 20.7 Å². The van der Waals surface area contributed by atoms with E-state index in [2.05, 4.69) is 15.0 Å². The Bertz CT molecular complexity index is 638. The van der Waals surface area contributed by atoms with Crippen LogP contribution in [0, 0.1) is 0 Å². The molecule has 1 aromatic heterocycles. The number of nitrogens with one attached hydrogen (secondary N) is 1. The third-order valence-corrected chi connectivity index (χ3v) is 2.65. The van der Waals surface area contributed by atoms with Gasteiger partial charge in [0.05, 0.1) is 18.2 Å². The van der Waals surface area contributed by atoms with E-state index >= 15 is 0 Å². The lowest BCUT2D eigenvalue weighted by molar-refractivity contribution is 0.0600. The fraction of sp³-hybridized carbons (Fsp3) is 0.0714. The highest BCUT2D eigenvalue weighted by Gasteiger charge is 2.11. The van der Waals surface area contributed by atoms with Crippen LogP contribution in [0.2, 0.25) is 0 Å². The Morgan fingerprint density at radius 1 is 1.20 bits per heavy atom. The number of nitrogens with zero attached hydrogens (tertiary/aromatic N) is 1. The average molecular weight is 271 g/mol. The zero-order valence-corrected chi connectivity index (χ0v) is 10.8. The van der Waals surface area contributed by atoms with Gasteiger partial charge in [-0.2, -0.15) is 0 Å². The smallest absolute Gasteiger partial charge is 0.337 e. The second-order valence-corrected chi connectivity index (χ2v) is 3.96. The molecule has 0 spiro atoms. The van der Waals surface area contributed by atoms with Gasteiger partial charge in [0.15, 0.2) is 0 Å². The van der Waals surface area contributed by atoms with Crippen molar-refractivity contribution in [2.45, 2.75) is 0 Å². The van der Waals surface area contributed by atoms with Crippen molar-refractivity contribution in [3.63, 3.8) is 0 Å². The Balaban J connectivity index is 2.13. The second-order valence-electron chi connectivity index (χ2n) is 3.96. The van der Waals surface area contributed by atoms with Crippen molar-refractivity contribution >= 4 is 23.4 Å². The number of hydrogen-bond acceptors (Lipinski definition) is 5. The van der Waals surface area contributed by atoms with E-state index in [-0.39, 0.29) is 11.7 Å². The average Bonchev–Trinajstić information content (AvgIpc) is 2.47. The van der Waals surface area contributed by atoms with Crippen LogP contribution in [0.5, 0.6) is 0 Å². The molecule has 0 aliphatic rings. The van der Waals surface area contributed by atoms with Gasteiger partial charge in [0.25, 0.3) is 5.91 Å². The molecule has 3 N–H and O–H groups in total. The van der Waals surface area contributed by atoms with Crippen molar-refractivity contribution in [3.05, 3.63) is 53.7 Å². The summed E-state index contributed by atoms with van der Waals surface area (Å²) >= 11 is 0. The summed E-state index contributed by atoms with van der Waals surface area (Å²) in [5.74, 6) is -0.628. The van der Waals surface area contributed by atoms with Crippen LogP contribution in [0.15, 0.2) is 42.6 Å². The molecule has 0 bridgehead atoms. The molecular formula is C14H13N3O3. The molecule has 2 rings (SSSR count). The largest absolute Gasteiger partial charge is 0.465 e. The molecule has 6 heteroatoms. The molecule has 0 aliphatic heterocycles. The highest BCUT2D eigenvalue weighted by Crippen LogP contribution is 2.14. The van der Waals surface area contributed by atoms with Crippen molar-refractivity contribution in [2.75, 3.05) is 18.2 Å². The Morgan fingerprint density at radius 2 is 1.90 bits per heavy atom. The summed E-state index contributed by atoms with van der Waals surface area (Å²) in [4.78, 5) is 27.1. The minimum atomic E-state index is -0.431. The number of benzene rings is 1. The molecule has 0 saturated heterocycles. The van der Waals surface area contributed by atoms with Gasteiger partial charge in [0.1, 0.15) is 5.82 Å². The van der Waals surface area contributed by atoms with Gasteiger partial charge in [0.2, 0.25) is 0 Å². The normalized spacial score (nSPS) is 9.85. The van der Waals surface area contributed by atoms with Gasteiger partial charge in [-0.1, -0.05) is 0 Å². The molecule has 102 valence electrons. The van der Waals surface area contributed by atoms with Crippen molar-refractivity contribution < 1.29 is 14.3 Å². The first kappa shape index (κ1) is 13.5. The minimum Gasteiger partial charge on any atom is -0.465 e. The molecular weight excluding hydrogens is 258 g/mol. The van der Waals surface area contributed by atoms with Crippen LogP contribution in [0.3, 0.4) is 0 Å². The van der Waals surface area contributed by atoms with Gasteiger partial charge in [-0.05, 0) is 36.4 Å². The van der Waals surface area contributed by atoms with Gasteiger partial charge in [-0.25, -0.2) is 9.78 Å². The Kier molecular flexibility index (Phi) is 3.95. The number of ether oxygens (including phenoxy) is 1. The summed E-state index contributed by atoms with van der Waals surface area (Å²) in [7, 11) is 1.31. The van der Waals surface area contributed by atoms with E-state index in [0.717, 1.165) is 0 Å². The number of esters is 1. The maximum atomic E-state index is 12.0. The summed E-state index contributed by atoms with van der Waals surface area (Å²) in [6.07, 6.45) is 1.51. The standard InChI is InChI=1S/C14H13N3O3/c1-20-14(19)9-4-6-10(7-5-9)17-13(18)11-3-2-8-16-12(11)15/h2-8H,1H3,(H2,15,16)(H,17,18). The first-order valence-corrected chi connectivity index (χ1v) is 5.82. The minimum absolute atomic E-state index is 0.163. The third kappa shape index (κ3) is 2.92. The lowest BCUT2D eigenvalue weighted by Gasteiger charge is -2.07. The maximum absolute atomic E-state index is 12.0. The molecule has 0 fully saturated rings. The number of aromatic nitrogens is 1. The topological polar surface area (TPSA) is 94.3 Å². The van der Waals surface area contributed by atoms with Gasteiger partial charge in [0, 0.05) is 11.9 Å². The first-order valence-electron chi connectivity index (χ1n) is 5.82. The highest BCUT2D eigenvalue weighted by molar-refractivity contribution is 6.07. The summed E-state index contributed by atoms with van der Waals surface area (Å²) in [5.41, 5.74) is 6.88. The number of nitrogen functional groups attached to an aromatic ring is 1. The van der Waals surface area contributed by atoms with Crippen LogP contribution in [0.4, 0.5) is 11.5 Å². The molecule has 1 amide bonds. The number of nitrogens with two attached hydrogens (primary N) is 1. The predicted octanol–water partition coefficient (Wildman–Crippen LogP) is 1.70. The summed E-state index contributed by atoms with van der Waals surface area (Å²) < 4.78 is 4.59. The number of anilines is 2. The van der Waals surface area contributed by atoms with Crippen LogP contribution in [-0.4, -0.2) is 24.0 Å². The fourth-order valence-electron chi connectivity index (χ4n) is 1.62. The number of hydrogen-bond donors (Lipinski definition) is 2. The van der Waals surface area contributed by atoms with Gasteiger partial charge in [-0.15, -0.1) is 0 Å². The number of methoxy groups -OCH3 is 1. The molecule has 6 nitrogen and oxygen atoms in total. The molecule has 0 radical (unpaired) electrons. The molecule has 0 unspecified atom stereocenters. The lowest BCUT2D eigenvalue weighted by Crippen LogP contribution is -2.14. The quantitative estimate of drug-likeness (QED) is 0.828. The number of carbonyl (C=O) groups is 2. The number of pyridine rings is 1. The molecule has 1 heterocycles. The van der Waals surface area contributed by atoms with E-state index < -0.39 is 5.97 Å². The van der Waals surface area contributed by atoms with Crippen LogP contribution in [0.25, 0.3) is 0 Å². The number of carbonyl (C=O) groups excluding carboxylic acids is 2. The molecule has 1 aromatic carbocycles. The number of rotatable bonds is 3. The van der Waals surface area contributed by atoms with E-state index in [1.807, 2.05) is 0 Å². The summed E-state index contributed by atoms with van der Waals surface area (Å²) in [5, 5.41) is 2.67. The van der Waals surface area contributed by atoms with Crippen LogP contribution in [-0.2, 0) is 4.74 Å².